The van der Waals surface area contributed by atoms with Gasteiger partial charge in [-0.05, 0) is 97.9 Å². The highest BCUT2D eigenvalue weighted by atomic mass is 15.1. The highest BCUT2D eigenvalue weighted by Gasteiger charge is 2.43. The van der Waals surface area contributed by atoms with E-state index in [1.54, 1.807) is 0 Å². The average Bonchev–Trinajstić information content (AvgIpc) is 3.44. The minimum Gasteiger partial charge on any atom is -0.310 e. The van der Waals surface area contributed by atoms with Gasteiger partial charge in [-0.3, -0.25) is 0 Å². The number of benzene rings is 8. The Balaban J connectivity index is 1.29. The first-order valence-corrected chi connectivity index (χ1v) is 16.4. The van der Waals surface area contributed by atoms with Crippen molar-refractivity contribution in [2.24, 2.45) is 0 Å². The second kappa shape index (κ2) is 11.5. The monoisotopic (exact) mass is 609 g/mol. The average molecular weight is 610 g/mol. The third-order valence-corrected chi connectivity index (χ3v) is 9.64. The molecule has 0 N–H and O–H groups in total. The van der Waals surface area contributed by atoms with E-state index in [-0.39, 0.29) is 0 Å². The molecule has 8 aromatic rings. The summed E-state index contributed by atoms with van der Waals surface area (Å²) in [6.45, 7) is 0. The molecule has 0 bridgehead atoms. The summed E-state index contributed by atoms with van der Waals surface area (Å²) in [7, 11) is 0. The van der Waals surface area contributed by atoms with E-state index in [2.05, 4.69) is 199 Å². The first-order chi connectivity index (χ1) is 23.8. The minimum atomic E-state index is -0.613. The molecule has 1 unspecified atom stereocenters. The molecule has 1 aliphatic carbocycles. The lowest BCUT2D eigenvalue weighted by atomic mass is 9.73. The Morgan fingerprint density at radius 2 is 0.875 bits per heavy atom. The van der Waals surface area contributed by atoms with Gasteiger partial charge in [0.2, 0.25) is 0 Å². The van der Waals surface area contributed by atoms with Crippen molar-refractivity contribution in [2.75, 3.05) is 4.90 Å². The molecular weight excluding hydrogens is 579 g/mol. The fourth-order valence-electron chi connectivity index (χ4n) is 7.38. The van der Waals surface area contributed by atoms with E-state index >= 15 is 0 Å². The molecule has 0 amide bonds. The second-order valence-electron chi connectivity index (χ2n) is 12.4. The van der Waals surface area contributed by atoms with E-state index < -0.39 is 5.41 Å². The summed E-state index contributed by atoms with van der Waals surface area (Å²) < 4.78 is 0. The highest BCUT2D eigenvalue weighted by Crippen LogP contribution is 2.54. The van der Waals surface area contributed by atoms with E-state index in [1.807, 2.05) is 6.07 Å². The topological polar surface area (TPSA) is 3.24 Å². The third kappa shape index (κ3) is 4.58. The lowest BCUT2D eigenvalue weighted by molar-refractivity contribution is 0.837. The SMILES string of the molecule is C(#CC1(c2ccccc2)c2ccccc2-c2cc(N(c3ccc4ccccc4c3)c3ccc4ccccc4c3)ccc21)c1ccccc1. The maximum absolute atomic E-state index is 3.83. The Morgan fingerprint density at radius 3 is 1.54 bits per heavy atom. The summed E-state index contributed by atoms with van der Waals surface area (Å²) in [5.41, 5.74) is 9.77. The predicted molar refractivity (Wildman–Crippen MR) is 201 cm³/mol. The van der Waals surface area contributed by atoms with Crippen molar-refractivity contribution >= 4 is 38.6 Å². The third-order valence-electron chi connectivity index (χ3n) is 9.64. The first-order valence-electron chi connectivity index (χ1n) is 16.4. The van der Waals surface area contributed by atoms with Crippen LogP contribution in [-0.2, 0) is 5.41 Å². The Morgan fingerprint density at radius 1 is 0.375 bits per heavy atom. The highest BCUT2D eigenvalue weighted by molar-refractivity contribution is 5.94. The zero-order valence-electron chi connectivity index (χ0n) is 26.3. The van der Waals surface area contributed by atoms with E-state index in [0.717, 1.165) is 22.6 Å². The van der Waals surface area contributed by atoms with Gasteiger partial charge in [-0.15, -0.1) is 0 Å². The van der Waals surface area contributed by atoms with Crippen LogP contribution in [0.5, 0.6) is 0 Å². The molecule has 0 fully saturated rings. The summed E-state index contributed by atoms with van der Waals surface area (Å²) in [6.07, 6.45) is 0. The van der Waals surface area contributed by atoms with E-state index in [4.69, 9.17) is 0 Å². The molecule has 0 saturated carbocycles. The number of fused-ring (bicyclic) bond motifs is 5. The molecule has 0 spiro atoms. The van der Waals surface area contributed by atoms with Crippen LogP contribution in [0, 0.1) is 11.8 Å². The quantitative estimate of drug-likeness (QED) is 0.179. The van der Waals surface area contributed by atoms with Crippen molar-refractivity contribution < 1.29 is 0 Å². The van der Waals surface area contributed by atoms with Gasteiger partial charge in [0.1, 0.15) is 5.41 Å². The van der Waals surface area contributed by atoms with E-state index in [0.29, 0.717) is 0 Å². The minimum absolute atomic E-state index is 0.613. The van der Waals surface area contributed by atoms with Crippen molar-refractivity contribution in [3.63, 3.8) is 0 Å². The van der Waals surface area contributed by atoms with Crippen LogP contribution in [-0.4, -0.2) is 0 Å². The van der Waals surface area contributed by atoms with Gasteiger partial charge in [0.25, 0.3) is 0 Å². The molecule has 0 heterocycles. The largest absolute Gasteiger partial charge is 0.310 e. The Labute approximate surface area is 281 Å². The van der Waals surface area contributed by atoms with Gasteiger partial charge >= 0.3 is 0 Å². The standard InChI is InChI=1S/C47H31N/c1-3-13-34(14-4-1)29-30-47(39-19-5-2-6-20-39)45-22-12-11-21-43(45)44-33-42(27-28-46(44)47)48(40-25-23-35-15-7-9-17-37(35)31-40)41-26-24-36-16-8-10-18-38(36)32-41/h1-28,31-33H. The zero-order valence-corrected chi connectivity index (χ0v) is 26.3. The van der Waals surface area contributed by atoms with E-state index in [1.165, 1.54) is 49.4 Å². The summed E-state index contributed by atoms with van der Waals surface area (Å²) in [6, 6.07) is 67.5. The summed E-state index contributed by atoms with van der Waals surface area (Å²) in [4.78, 5) is 2.39. The molecule has 0 aliphatic heterocycles. The molecule has 1 atom stereocenters. The van der Waals surface area contributed by atoms with Crippen LogP contribution in [0.15, 0.2) is 188 Å². The molecule has 224 valence electrons. The lowest BCUT2D eigenvalue weighted by Crippen LogP contribution is -2.25. The van der Waals surface area contributed by atoms with Crippen molar-refractivity contribution in [3.8, 4) is 23.0 Å². The number of nitrogens with zero attached hydrogens (tertiary/aromatic N) is 1. The second-order valence-corrected chi connectivity index (χ2v) is 12.4. The number of anilines is 3. The van der Waals surface area contributed by atoms with Gasteiger partial charge in [0, 0.05) is 22.6 Å². The van der Waals surface area contributed by atoms with Gasteiger partial charge in [-0.25, -0.2) is 0 Å². The molecule has 1 aliphatic rings. The molecule has 8 aromatic carbocycles. The summed E-state index contributed by atoms with van der Waals surface area (Å²) in [5.74, 6) is 7.40. The molecule has 9 rings (SSSR count). The van der Waals surface area contributed by atoms with Crippen LogP contribution in [0.4, 0.5) is 17.1 Å². The zero-order chi connectivity index (χ0) is 31.9. The molecule has 0 radical (unpaired) electrons. The number of rotatable bonds is 4. The van der Waals surface area contributed by atoms with Crippen LogP contribution < -0.4 is 4.90 Å². The van der Waals surface area contributed by atoms with Crippen molar-refractivity contribution in [3.05, 3.63) is 210 Å². The summed E-state index contributed by atoms with van der Waals surface area (Å²) in [5, 5.41) is 4.89. The molecule has 0 aromatic heterocycles. The van der Waals surface area contributed by atoms with Crippen LogP contribution >= 0.6 is 0 Å². The van der Waals surface area contributed by atoms with Gasteiger partial charge in [-0.1, -0.05) is 151 Å². The van der Waals surface area contributed by atoms with Gasteiger partial charge < -0.3 is 4.90 Å². The Hall–Kier alpha value is -6.36. The maximum atomic E-state index is 3.83. The van der Waals surface area contributed by atoms with Crippen LogP contribution in [0.25, 0.3) is 32.7 Å². The van der Waals surface area contributed by atoms with Crippen molar-refractivity contribution in [1.82, 2.24) is 0 Å². The number of hydrogen-bond donors (Lipinski definition) is 0. The van der Waals surface area contributed by atoms with Gasteiger partial charge in [0.15, 0.2) is 0 Å². The maximum Gasteiger partial charge on any atom is 0.108 e. The normalized spacial score (nSPS) is 14.6. The van der Waals surface area contributed by atoms with Crippen molar-refractivity contribution in [2.45, 2.75) is 5.41 Å². The summed E-state index contributed by atoms with van der Waals surface area (Å²) >= 11 is 0. The van der Waals surface area contributed by atoms with Crippen LogP contribution in [0.3, 0.4) is 0 Å². The predicted octanol–water partition coefficient (Wildman–Crippen LogP) is 11.8. The smallest absolute Gasteiger partial charge is 0.108 e. The molecule has 48 heavy (non-hydrogen) atoms. The Kier molecular flexibility index (Phi) is 6.66. The Bertz CT molecular complexity index is 2440. The number of hydrogen-bond acceptors (Lipinski definition) is 1. The molecule has 1 nitrogen and oxygen atoms in total. The van der Waals surface area contributed by atoms with E-state index in [9.17, 15) is 0 Å². The lowest BCUT2D eigenvalue weighted by Gasteiger charge is -2.29. The molecule has 0 saturated heterocycles. The van der Waals surface area contributed by atoms with Crippen LogP contribution in [0.2, 0.25) is 0 Å². The molecule has 1 heteroatoms. The van der Waals surface area contributed by atoms with Crippen LogP contribution in [0.1, 0.15) is 22.3 Å². The van der Waals surface area contributed by atoms with Gasteiger partial charge in [0.05, 0.1) is 0 Å². The van der Waals surface area contributed by atoms with Crippen molar-refractivity contribution in [1.29, 1.82) is 0 Å². The fraction of sp³-hybridized carbons (Fsp3) is 0.0213. The fourth-order valence-corrected chi connectivity index (χ4v) is 7.38. The van der Waals surface area contributed by atoms with Gasteiger partial charge in [-0.2, -0.15) is 0 Å². The first kappa shape index (κ1) is 27.9. The molecular formula is C47H31N.